The molecule has 3 amide bonds. The van der Waals surface area contributed by atoms with E-state index in [1.165, 1.54) is 0 Å². The number of carbonyl (C=O) groups excluding carboxylic acids is 3. The molecule has 254 valence electrons. The first-order valence-corrected chi connectivity index (χ1v) is 16.8. The minimum Gasteiger partial charge on any atom is -0.496 e. The third-order valence-electron chi connectivity index (χ3n) is 11.0. The Hall–Kier alpha value is -5.10. The first kappa shape index (κ1) is 31.2. The number of likely N-dealkylation sites (tertiary alicyclic amines) is 1. The molecular formula is C37H40N6O6. The molecule has 1 spiro atoms. The highest BCUT2D eigenvalue weighted by Gasteiger charge is 2.46. The number of piperidine rings is 2. The van der Waals surface area contributed by atoms with Gasteiger partial charge in [0.2, 0.25) is 11.8 Å². The molecule has 0 radical (unpaired) electrons. The Balaban J connectivity index is 0.925. The van der Waals surface area contributed by atoms with Gasteiger partial charge in [0.05, 0.1) is 19.8 Å². The largest absolute Gasteiger partial charge is 0.496 e. The van der Waals surface area contributed by atoms with Crippen LogP contribution in [-0.4, -0.2) is 83.5 Å². The van der Waals surface area contributed by atoms with Gasteiger partial charge >= 0.3 is 0 Å². The molecule has 2 N–H and O–H groups in total. The molecule has 4 aromatic rings. The number of fused-ring (bicyclic) bond motifs is 2. The predicted molar refractivity (Wildman–Crippen MR) is 184 cm³/mol. The third-order valence-corrected chi connectivity index (χ3v) is 11.0. The van der Waals surface area contributed by atoms with Crippen LogP contribution in [0.25, 0.3) is 22.0 Å². The number of nitrogens with zero attached hydrogens (tertiary/aromatic N) is 4. The molecule has 1 atom stereocenters. The van der Waals surface area contributed by atoms with E-state index in [-0.39, 0.29) is 35.1 Å². The van der Waals surface area contributed by atoms with Gasteiger partial charge in [-0.25, -0.2) is 0 Å². The fourth-order valence-electron chi connectivity index (χ4n) is 8.21. The Morgan fingerprint density at radius 3 is 2.37 bits per heavy atom. The number of carbonyl (C=O) groups is 3. The summed E-state index contributed by atoms with van der Waals surface area (Å²) >= 11 is 0. The van der Waals surface area contributed by atoms with E-state index in [1.54, 1.807) is 36.9 Å². The summed E-state index contributed by atoms with van der Waals surface area (Å²) in [5.41, 5.74) is 6.20. The molecule has 4 aliphatic rings. The Morgan fingerprint density at radius 1 is 0.939 bits per heavy atom. The van der Waals surface area contributed by atoms with Crippen molar-refractivity contribution in [2.24, 2.45) is 12.5 Å². The number of hydrogen-bond acceptors (Lipinski definition) is 8. The molecule has 3 saturated heterocycles. The second-order valence-electron chi connectivity index (χ2n) is 14.0. The average molecular weight is 665 g/mol. The van der Waals surface area contributed by atoms with Crippen molar-refractivity contribution in [1.29, 1.82) is 0 Å². The van der Waals surface area contributed by atoms with Crippen molar-refractivity contribution in [1.82, 2.24) is 24.7 Å². The van der Waals surface area contributed by atoms with Gasteiger partial charge in [0, 0.05) is 79.7 Å². The van der Waals surface area contributed by atoms with Crippen molar-refractivity contribution in [3.63, 3.8) is 0 Å². The summed E-state index contributed by atoms with van der Waals surface area (Å²) in [6, 6.07) is 11.5. The van der Waals surface area contributed by atoms with Gasteiger partial charge in [0.25, 0.3) is 11.5 Å². The third kappa shape index (κ3) is 5.25. The van der Waals surface area contributed by atoms with Gasteiger partial charge in [-0.2, -0.15) is 0 Å². The van der Waals surface area contributed by atoms with Crippen LogP contribution in [0.1, 0.15) is 47.2 Å². The first-order chi connectivity index (χ1) is 23.7. The molecule has 1 unspecified atom stereocenters. The molecule has 49 heavy (non-hydrogen) atoms. The summed E-state index contributed by atoms with van der Waals surface area (Å²) in [5.74, 6) is 0.702. The summed E-state index contributed by atoms with van der Waals surface area (Å²) in [7, 11) is 5.12. The number of methoxy groups -OCH3 is 2. The monoisotopic (exact) mass is 664 g/mol. The smallest absolute Gasteiger partial charge is 0.274 e. The van der Waals surface area contributed by atoms with E-state index < -0.39 is 6.04 Å². The summed E-state index contributed by atoms with van der Waals surface area (Å²) in [4.78, 5) is 59.5. The van der Waals surface area contributed by atoms with Crippen molar-refractivity contribution in [3.05, 3.63) is 75.8 Å². The molecule has 12 heteroatoms. The van der Waals surface area contributed by atoms with Crippen molar-refractivity contribution in [2.75, 3.05) is 45.3 Å². The molecule has 3 fully saturated rings. The van der Waals surface area contributed by atoms with E-state index in [9.17, 15) is 19.2 Å². The molecule has 2 aromatic carbocycles. The van der Waals surface area contributed by atoms with E-state index in [2.05, 4.69) is 26.2 Å². The van der Waals surface area contributed by atoms with Gasteiger partial charge in [0.15, 0.2) is 0 Å². The van der Waals surface area contributed by atoms with Gasteiger partial charge in [-0.05, 0) is 73.8 Å². The Labute approximate surface area is 283 Å². The number of aromatic amines is 1. The van der Waals surface area contributed by atoms with Gasteiger partial charge in [-0.1, -0.05) is 6.07 Å². The number of pyridine rings is 1. The standard InChI is InChI=1S/C37H40N6O6/c1-40-18-27(25-8-11-38-33(25)36(40)47)23-14-30(48-2)28(31(15-23)49-3)19-41-12-9-37(10-13-41)20-42(21-37)24-5-4-22-17-43(35(46)26(22)16-24)29-6-7-32(44)39-34(29)45/h4-5,8,11,14-16,18,29,38H,6-7,9-10,12-13,17,19-21H2,1-3H3,(H,39,44,45). The van der Waals surface area contributed by atoms with Gasteiger partial charge < -0.3 is 28.8 Å². The fraction of sp³-hybridized carbons (Fsp3) is 0.405. The van der Waals surface area contributed by atoms with E-state index in [4.69, 9.17) is 9.47 Å². The van der Waals surface area contributed by atoms with Crippen LogP contribution in [0.3, 0.4) is 0 Å². The zero-order valence-electron chi connectivity index (χ0n) is 28.0. The van der Waals surface area contributed by atoms with Gasteiger partial charge in [0.1, 0.15) is 23.1 Å². The molecule has 12 nitrogen and oxygen atoms in total. The average Bonchev–Trinajstić information content (AvgIpc) is 3.71. The van der Waals surface area contributed by atoms with Crippen LogP contribution in [-0.2, 0) is 29.7 Å². The van der Waals surface area contributed by atoms with E-state index in [0.717, 1.165) is 83.8 Å². The van der Waals surface area contributed by atoms with Crippen molar-refractivity contribution in [2.45, 2.75) is 44.8 Å². The van der Waals surface area contributed by atoms with Crippen molar-refractivity contribution >= 4 is 34.3 Å². The van der Waals surface area contributed by atoms with Gasteiger partial charge in [-0.3, -0.25) is 29.4 Å². The van der Waals surface area contributed by atoms with Gasteiger partial charge in [-0.15, -0.1) is 0 Å². The lowest BCUT2D eigenvalue weighted by atomic mass is 9.71. The number of imide groups is 1. The maximum absolute atomic E-state index is 13.3. The first-order valence-electron chi connectivity index (χ1n) is 16.8. The van der Waals surface area contributed by atoms with Crippen LogP contribution in [0.4, 0.5) is 5.69 Å². The van der Waals surface area contributed by atoms with Crippen LogP contribution < -0.4 is 25.2 Å². The molecule has 0 aliphatic carbocycles. The Morgan fingerprint density at radius 2 is 1.67 bits per heavy atom. The number of hydrogen-bond donors (Lipinski definition) is 2. The quantitative estimate of drug-likeness (QED) is 0.288. The molecule has 0 bridgehead atoms. The number of H-pyrrole nitrogens is 1. The second kappa shape index (κ2) is 11.8. The lowest BCUT2D eigenvalue weighted by molar-refractivity contribution is -0.136. The maximum Gasteiger partial charge on any atom is 0.274 e. The molecular weight excluding hydrogens is 624 g/mol. The number of aryl methyl sites for hydroxylation is 1. The van der Waals surface area contributed by atoms with E-state index in [0.29, 0.717) is 30.6 Å². The molecule has 6 heterocycles. The second-order valence-corrected chi connectivity index (χ2v) is 14.0. The van der Waals surface area contributed by atoms with Crippen molar-refractivity contribution in [3.8, 4) is 22.6 Å². The van der Waals surface area contributed by atoms with E-state index >= 15 is 0 Å². The summed E-state index contributed by atoms with van der Waals surface area (Å²) in [5, 5.41) is 3.23. The summed E-state index contributed by atoms with van der Waals surface area (Å²) in [6.07, 6.45) is 6.40. The summed E-state index contributed by atoms with van der Waals surface area (Å²) in [6.45, 7) is 4.89. The number of amides is 3. The summed E-state index contributed by atoms with van der Waals surface area (Å²) < 4.78 is 13.4. The van der Waals surface area contributed by atoms with Crippen LogP contribution in [0.15, 0.2) is 53.6 Å². The maximum atomic E-state index is 13.3. The SMILES string of the molecule is COc1cc(-c2cn(C)c(=O)c3[nH]ccc23)cc(OC)c1CN1CCC2(CC1)CN(c1ccc3c(c1)C(=O)N(C1CCC(=O)NC1=O)C3)C2. The number of ether oxygens (including phenoxy) is 2. The number of nitrogens with one attached hydrogen (secondary N) is 2. The predicted octanol–water partition coefficient (Wildman–Crippen LogP) is 3.41. The van der Waals surface area contributed by atoms with Crippen LogP contribution in [0.2, 0.25) is 0 Å². The van der Waals surface area contributed by atoms with Crippen LogP contribution in [0, 0.1) is 5.41 Å². The highest BCUT2D eigenvalue weighted by atomic mass is 16.5. The highest BCUT2D eigenvalue weighted by Crippen LogP contribution is 2.45. The minimum absolute atomic E-state index is 0.0718. The van der Waals surface area contributed by atoms with E-state index in [1.807, 2.05) is 36.5 Å². The van der Waals surface area contributed by atoms with Crippen LogP contribution >= 0.6 is 0 Å². The number of rotatable bonds is 7. The zero-order valence-corrected chi connectivity index (χ0v) is 28.0. The molecule has 2 aromatic heterocycles. The zero-order chi connectivity index (χ0) is 34.0. The minimum atomic E-state index is -0.604. The highest BCUT2D eigenvalue weighted by molar-refractivity contribution is 6.05. The Kier molecular flexibility index (Phi) is 7.51. The van der Waals surface area contributed by atoms with Crippen LogP contribution in [0.5, 0.6) is 11.5 Å². The lowest BCUT2D eigenvalue weighted by Gasteiger charge is -2.55. The molecule has 4 aliphatic heterocycles. The number of aromatic nitrogens is 2. The number of benzene rings is 2. The van der Waals surface area contributed by atoms with Crippen molar-refractivity contribution < 1.29 is 23.9 Å². The number of anilines is 1. The molecule has 8 rings (SSSR count). The normalized spacial score (nSPS) is 20.5. The lowest BCUT2D eigenvalue weighted by Crippen LogP contribution is -2.60. The Bertz CT molecular complexity index is 2040. The topological polar surface area (TPSA) is 129 Å². The molecule has 0 saturated carbocycles. The fourth-order valence-corrected chi connectivity index (χ4v) is 8.21.